The molecule has 1 aromatic carbocycles. The number of aryl methyl sites for hydroxylation is 2. The van der Waals surface area contributed by atoms with E-state index >= 15 is 0 Å². The summed E-state index contributed by atoms with van der Waals surface area (Å²) >= 11 is 0. The van der Waals surface area contributed by atoms with Crippen LogP contribution in [-0.2, 0) is 18.4 Å². The topological polar surface area (TPSA) is 87.5 Å². The lowest BCUT2D eigenvalue weighted by Crippen LogP contribution is -2.40. The van der Waals surface area contributed by atoms with E-state index in [1.807, 2.05) is 36.7 Å². The number of hydrogen-bond acceptors (Lipinski definition) is 3. The van der Waals surface area contributed by atoms with Crippen molar-refractivity contribution >= 4 is 23.0 Å². The summed E-state index contributed by atoms with van der Waals surface area (Å²) in [7, 11) is 1.92. The lowest BCUT2D eigenvalue weighted by atomic mass is 9.90. The number of carbonyl (C=O) groups is 2. The van der Waals surface area contributed by atoms with Gasteiger partial charge in [-0.15, -0.1) is 0 Å². The van der Waals surface area contributed by atoms with Gasteiger partial charge in [-0.25, -0.2) is 9.78 Å². The second-order valence-corrected chi connectivity index (χ2v) is 6.78. The Kier molecular flexibility index (Phi) is 3.95. The average molecular weight is 330 g/mol. The summed E-state index contributed by atoms with van der Waals surface area (Å²) in [6.45, 7) is 4.69. The summed E-state index contributed by atoms with van der Waals surface area (Å²) in [4.78, 5) is 29.7. The van der Waals surface area contributed by atoms with Crippen LogP contribution in [0.5, 0.6) is 0 Å². The maximum Gasteiger partial charge on any atom is 0.317 e. The van der Waals surface area contributed by atoms with Gasteiger partial charge in [0.25, 0.3) is 0 Å². The van der Waals surface area contributed by atoms with E-state index in [0.717, 1.165) is 22.4 Å². The molecule has 2 amide bonds. The Labute approximate surface area is 140 Å². The number of rotatable bonds is 3. The van der Waals surface area contributed by atoms with Gasteiger partial charge < -0.3 is 19.9 Å². The molecule has 1 atom stereocenters. The Balaban J connectivity index is 1.67. The highest BCUT2D eigenvalue weighted by atomic mass is 16.4. The molecule has 0 saturated carbocycles. The van der Waals surface area contributed by atoms with E-state index in [4.69, 9.17) is 0 Å². The smallest absolute Gasteiger partial charge is 0.317 e. The minimum Gasteiger partial charge on any atom is -0.481 e. The van der Waals surface area contributed by atoms with Crippen molar-refractivity contribution in [2.75, 3.05) is 13.1 Å². The Morgan fingerprint density at radius 2 is 2.17 bits per heavy atom. The molecule has 24 heavy (non-hydrogen) atoms. The molecule has 2 aromatic rings. The zero-order valence-corrected chi connectivity index (χ0v) is 14.2. The van der Waals surface area contributed by atoms with Crippen molar-refractivity contribution in [1.82, 2.24) is 19.8 Å². The van der Waals surface area contributed by atoms with Gasteiger partial charge in [0.1, 0.15) is 5.82 Å². The maximum atomic E-state index is 12.3. The lowest BCUT2D eigenvalue weighted by molar-refractivity contribution is -0.147. The van der Waals surface area contributed by atoms with Crippen molar-refractivity contribution in [3.05, 3.63) is 29.6 Å². The Morgan fingerprint density at radius 1 is 1.42 bits per heavy atom. The Bertz CT molecular complexity index is 814. The summed E-state index contributed by atoms with van der Waals surface area (Å²) in [5.74, 6) is -0.0901. The quantitative estimate of drug-likeness (QED) is 0.899. The van der Waals surface area contributed by atoms with Crippen LogP contribution in [-0.4, -0.2) is 44.6 Å². The van der Waals surface area contributed by atoms with Crippen LogP contribution in [0.2, 0.25) is 0 Å². The zero-order valence-electron chi connectivity index (χ0n) is 14.2. The predicted octanol–water partition coefficient (Wildman–Crippen LogP) is 1.89. The van der Waals surface area contributed by atoms with Gasteiger partial charge >= 0.3 is 12.0 Å². The van der Waals surface area contributed by atoms with E-state index < -0.39 is 11.4 Å². The van der Waals surface area contributed by atoms with E-state index in [2.05, 4.69) is 10.3 Å². The van der Waals surface area contributed by atoms with Crippen molar-refractivity contribution in [2.45, 2.75) is 26.8 Å². The molecule has 0 aliphatic carbocycles. The van der Waals surface area contributed by atoms with Crippen LogP contribution in [0.15, 0.2) is 18.2 Å². The first-order valence-corrected chi connectivity index (χ1v) is 7.98. The highest BCUT2D eigenvalue weighted by molar-refractivity contribution is 5.80. The average Bonchev–Trinajstić information content (AvgIpc) is 3.07. The molecule has 7 nitrogen and oxygen atoms in total. The minimum absolute atomic E-state index is 0.232. The standard InChI is InChI=1S/C17H22N4O3/c1-11-4-5-13-12(8-11)19-14(20(13)3)9-18-16(24)21-7-6-17(2,10-21)15(22)23/h4-5,8H,6-7,9-10H2,1-3H3,(H,18,24)(H,22,23). The summed E-state index contributed by atoms with van der Waals surface area (Å²) in [5.41, 5.74) is 2.21. The number of aromatic nitrogens is 2. The van der Waals surface area contributed by atoms with E-state index in [-0.39, 0.29) is 12.6 Å². The molecule has 0 bridgehead atoms. The number of amides is 2. The fraction of sp³-hybridized carbons (Fsp3) is 0.471. The first kappa shape index (κ1) is 16.3. The van der Waals surface area contributed by atoms with Crippen molar-refractivity contribution in [2.24, 2.45) is 12.5 Å². The van der Waals surface area contributed by atoms with Gasteiger partial charge in [-0.1, -0.05) is 6.07 Å². The Hall–Kier alpha value is -2.57. The van der Waals surface area contributed by atoms with Crippen molar-refractivity contribution in [1.29, 1.82) is 0 Å². The number of urea groups is 1. The Morgan fingerprint density at radius 3 is 2.83 bits per heavy atom. The van der Waals surface area contributed by atoms with Crippen LogP contribution in [0.1, 0.15) is 24.7 Å². The van der Waals surface area contributed by atoms with Crippen molar-refractivity contribution < 1.29 is 14.7 Å². The molecular weight excluding hydrogens is 308 g/mol. The van der Waals surface area contributed by atoms with Crippen LogP contribution in [0.4, 0.5) is 4.79 Å². The van der Waals surface area contributed by atoms with Crippen LogP contribution in [0.3, 0.4) is 0 Å². The lowest BCUT2D eigenvalue weighted by Gasteiger charge is -2.20. The minimum atomic E-state index is -0.858. The molecule has 1 aliphatic rings. The predicted molar refractivity (Wildman–Crippen MR) is 89.6 cm³/mol. The van der Waals surface area contributed by atoms with Gasteiger partial charge in [-0.05, 0) is 38.0 Å². The summed E-state index contributed by atoms with van der Waals surface area (Å²) < 4.78 is 1.96. The molecule has 3 rings (SSSR count). The molecule has 1 unspecified atom stereocenters. The molecule has 1 saturated heterocycles. The number of nitrogens with zero attached hydrogens (tertiary/aromatic N) is 3. The first-order chi connectivity index (χ1) is 11.3. The monoisotopic (exact) mass is 330 g/mol. The SMILES string of the molecule is Cc1ccc2c(c1)nc(CNC(=O)N1CCC(C)(C(=O)O)C1)n2C. The number of carboxylic acid groups (broad SMARTS) is 1. The third-order valence-corrected chi connectivity index (χ3v) is 4.80. The number of aliphatic carboxylic acids is 1. The zero-order chi connectivity index (χ0) is 17.5. The molecule has 128 valence electrons. The molecule has 1 aromatic heterocycles. The van der Waals surface area contributed by atoms with Gasteiger partial charge in [0.2, 0.25) is 0 Å². The molecule has 2 heterocycles. The third kappa shape index (κ3) is 2.81. The van der Waals surface area contributed by atoms with Gasteiger partial charge in [0, 0.05) is 20.1 Å². The maximum absolute atomic E-state index is 12.3. The van der Waals surface area contributed by atoms with E-state index in [0.29, 0.717) is 19.5 Å². The summed E-state index contributed by atoms with van der Waals surface area (Å²) in [6.07, 6.45) is 0.474. The van der Waals surface area contributed by atoms with E-state index in [1.165, 1.54) is 0 Å². The summed E-state index contributed by atoms with van der Waals surface area (Å²) in [5, 5.41) is 12.1. The van der Waals surface area contributed by atoms with Crippen LogP contribution in [0, 0.1) is 12.3 Å². The molecule has 7 heteroatoms. The normalized spacial score (nSPS) is 20.5. The second-order valence-electron chi connectivity index (χ2n) is 6.78. The highest BCUT2D eigenvalue weighted by Gasteiger charge is 2.42. The molecule has 2 N–H and O–H groups in total. The number of carboxylic acids is 1. The van der Waals surface area contributed by atoms with Crippen LogP contribution in [0.25, 0.3) is 11.0 Å². The number of likely N-dealkylation sites (tertiary alicyclic amines) is 1. The molecule has 0 spiro atoms. The largest absolute Gasteiger partial charge is 0.481 e. The number of hydrogen-bond donors (Lipinski definition) is 2. The van der Waals surface area contributed by atoms with Gasteiger partial charge in [-0.3, -0.25) is 4.79 Å². The van der Waals surface area contributed by atoms with Crippen molar-refractivity contribution in [3.63, 3.8) is 0 Å². The highest BCUT2D eigenvalue weighted by Crippen LogP contribution is 2.30. The van der Waals surface area contributed by atoms with Gasteiger partial charge in [0.05, 0.1) is 23.0 Å². The van der Waals surface area contributed by atoms with Gasteiger partial charge in [-0.2, -0.15) is 0 Å². The van der Waals surface area contributed by atoms with Gasteiger partial charge in [0.15, 0.2) is 0 Å². The number of benzene rings is 1. The first-order valence-electron chi connectivity index (χ1n) is 7.98. The third-order valence-electron chi connectivity index (χ3n) is 4.80. The number of imidazole rings is 1. The van der Waals surface area contributed by atoms with E-state index in [1.54, 1.807) is 11.8 Å². The van der Waals surface area contributed by atoms with Crippen molar-refractivity contribution in [3.8, 4) is 0 Å². The van der Waals surface area contributed by atoms with Crippen LogP contribution >= 0.6 is 0 Å². The number of fused-ring (bicyclic) bond motifs is 1. The fourth-order valence-corrected chi connectivity index (χ4v) is 3.09. The fourth-order valence-electron chi connectivity index (χ4n) is 3.09. The number of nitrogens with one attached hydrogen (secondary N) is 1. The number of carbonyl (C=O) groups excluding carboxylic acids is 1. The molecular formula is C17H22N4O3. The molecule has 0 radical (unpaired) electrons. The van der Waals surface area contributed by atoms with E-state index in [9.17, 15) is 14.7 Å². The molecule has 1 aliphatic heterocycles. The van der Waals surface area contributed by atoms with Crippen LogP contribution < -0.4 is 5.32 Å². The second kappa shape index (κ2) is 5.81. The summed E-state index contributed by atoms with van der Waals surface area (Å²) in [6, 6.07) is 5.81. The molecule has 1 fully saturated rings.